The third-order valence-corrected chi connectivity index (χ3v) is 6.04. The molecule has 0 radical (unpaired) electrons. The molecule has 2 rings (SSSR count). The minimum absolute atomic E-state index is 0.115. The van der Waals surface area contributed by atoms with Crippen molar-refractivity contribution in [2.45, 2.75) is 36.9 Å². The number of hydrogen-bond acceptors (Lipinski definition) is 4. The van der Waals surface area contributed by atoms with Gasteiger partial charge in [-0.2, -0.15) is 0 Å². The number of carbonyl (C=O) groups excluding carboxylic acids is 1. The van der Waals surface area contributed by atoms with Crippen molar-refractivity contribution in [2.24, 2.45) is 0 Å². The molecule has 1 amide bonds. The number of amides is 1. The van der Waals surface area contributed by atoms with E-state index < -0.39 is 10.0 Å². The minimum Gasteiger partial charge on any atom is -0.350 e. The van der Waals surface area contributed by atoms with Gasteiger partial charge >= 0.3 is 0 Å². The average Bonchev–Trinajstić information content (AvgIpc) is 3.03. The van der Waals surface area contributed by atoms with Crippen molar-refractivity contribution in [2.75, 3.05) is 4.72 Å². The number of carbonyl (C=O) groups is 1. The first-order valence-electron chi connectivity index (χ1n) is 7.39. The zero-order valence-corrected chi connectivity index (χ0v) is 14.7. The predicted molar refractivity (Wildman–Crippen MR) is 93.4 cm³/mol. The number of anilines is 1. The van der Waals surface area contributed by atoms with Gasteiger partial charge in [-0.05, 0) is 49.1 Å². The van der Waals surface area contributed by atoms with Crippen LogP contribution in [0.15, 0.2) is 46.0 Å². The molecule has 1 atom stereocenters. The lowest BCUT2D eigenvalue weighted by molar-refractivity contribution is 0.0938. The number of thiophene rings is 1. The van der Waals surface area contributed by atoms with E-state index in [1.54, 1.807) is 41.8 Å². The van der Waals surface area contributed by atoms with Crippen LogP contribution >= 0.6 is 11.3 Å². The molecule has 0 aliphatic heterocycles. The van der Waals surface area contributed by atoms with E-state index in [0.29, 0.717) is 11.3 Å². The highest BCUT2D eigenvalue weighted by molar-refractivity contribution is 7.94. The second kappa shape index (κ2) is 7.61. The lowest BCUT2D eigenvalue weighted by Crippen LogP contribution is -2.32. The van der Waals surface area contributed by atoms with Gasteiger partial charge in [-0.1, -0.05) is 19.4 Å². The molecule has 7 heteroatoms. The van der Waals surface area contributed by atoms with E-state index in [-0.39, 0.29) is 16.2 Å². The molecular formula is C16H20N2O3S2. The third kappa shape index (κ3) is 4.80. The van der Waals surface area contributed by atoms with E-state index in [2.05, 4.69) is 17.0 Å². The molecule has 0 saturated heterocycles. The molecule has 5 nitrogen and oxygen atoms in total. The maximum absolute atomic E-state index is 12.1. The van der Waals surface area contributed by atoms with E-state index in [0.717, 1.165) is 24.2 Å². The van der Waals surface area contributed by atoms with Gasteiger partial charge in [0, 0.05) is 17.3 Å². The Balaban J connectivity index is 2.04. The first kappa shape index (κ1) is 17.5. The molecule has 23 heavy (non-hydrogen) atoms. The number of hydrogen-bond donors (Lipinski definition) is 2. The summed E-state index contributed by atoms with van der Waals surface area (Å²) in [7, 11) is -3.56. The van der Waals surface area contributed by atoms with Gasteiger partial charge in [0.1, 0.15) is 4.21 Å². The Morgan fingerprint density at radius 2 is 1.91 bits per heavy atom. The molecule has 1 heterocycles. The fraction of sp³-hybridized carbons (Fsp3) is 0.312. The number of sulfonamides is 1. The number of rotatable bonds is 7. The van der Waals surface area contributed by atoms with Crippen molar-refractivity contribution in [1.29, 1.82) is 0 Å². The molecule has 0 unspecified atom stereocenters. The van der Waals surface area contributed by atoms with Crippen LogP contribution in [0.3, 0.4) is 0 Å². The van der Waals surface area contributed by atoms with E-state index in [1.807, 2.05) is 6.92 Å². The highest BCUT2D eigenvalue weighted by Gasteiger charge is 2.15. The van der Waals surface area contributed by atoms with Gasteiger partial charge in [-0.15, -0.1) is 11.3 Å². The maximum Gasteiger partial charge on any atom is 0.271 e. The largest absolute Gasteiger partial charge is 0.350 e. The lowest BCUT2D eigenvalue weighted by atomic mass is 10.1. The summed E-state index contributed by atoms with van der Waals surface area (Å²) >= 11 is 1.15. The first-order chi connectivity index (χ1) is 10.9. The molecule has 0 saturated carbocycles. The van der Waals surface area contributed by atoms with Gasteiger partial charge in [-0.25, -0.2) is 8.42 Å². The van der Waals surface area contributed by atoms with Crippen LogP contribution in [0.1, 0.15) is 37.0 Å². The van der Waals surface area contributed by atoms with Gasteiger partial charge < -0.3 is 5.32 Å². The van der Waals surface area contributed by atoms with Gasteiger partial charge in [0.25, 0.3) is 15.9 Å². The maximum atomic E-state index is 12.1. The van der Waals surface area contributed by atoms with Crippen LogP contribution in [-0.2, 0) is 10.0 Å². The van der Waals surface area contributed by atoms with Crippen molar-refractivity contribution in [1.82, 2.24) is 5.32 Å². The zero-order chi connectivity index (χ0) is 16.9. The SMILES string of the molecule is CCC[C@H](C)NC(=O)c1ccc(NS(=O)(=O)c2cccs2)cc1. The Bertz CT molecular complexity index is 738. The van der Waals surface area contributed by atoms with E-state index >= 15 is 0 Å². The van der Waals surface area contributed by atoms with Crippen molar-refractivity contribution >= 4 is 33.0 Å². The second-order valence-corrected chi connectivity index (χ2v) is 8.14. The first-order valence-corrected chi connectivity index (χ1v) is 9.76. The monoisotopic (exact) mass is 352 g/mol. The minimum atomic E-state index is -3.56. The van der Waals surface area contributed by atoms with E-state index in [1.165, 1.54) is 0 Å². The molecule has 0 spiro atoms. The highest BCUT2D eigenvalue weighted by Crippen LogP contribution is 2.20. The Morgan fingerprint density at radius 3 is 2.48 bits per heavy atom. The second-order valence-electron chi connectivity index (χ2n) is 5.28. The summed E-state index contributed by atoms with van der Waals surface area (Å²) in [4.78, 5) is 12.1. The van der Waals surface area contributed by atoms with Crippen molar-refractivity contribution in [3.63, 3.8) is 0 Å². The van der Waals surface area contributed by atoms with Gasteiger partial charge in [0.15, 0.2) is 0 Å². The van der Waals surface area contributed by atoms with E-state index in [9.17, 15) is 13.2 Å². The summed E-state index contributed by atoms with van der Waals surface area (Å²) in [5.74, 6) is -0.154. The molecule has 0 fully saturated rings. The van der Waals surface area contributed by atoms with Crippen LogP contribution in [0.5, 0.6) is 0 Å². The topological polar surface area (TPSA) is 75.3 Å². The summed E-state index contributed by atoms with van der Waals surface area (Å²) in [6.45, 7) is 4.03. The van der Waals surface area contributed by atoms with Crippen molar-refractivity contribution in [3.8, 4) is 0 Å². The molecule has 1 aromatic carbocycles. The van der Waals surface area contributed by atoms with Crippen molar-refractivity contribution in [3.05, 3.63) is 47.3 Å². The van der Waals surface area contributed by atoms with Crippen molar-refractivity contribution < 1.29 is 13.2 Å². The van der Waals surface area contributed by atoms with Crippen LogP contribution < -0.4 is 10.0 Å². The summed E-state index contributed by atoms with van der Waals surface area (Å²) in [6, 6.07) is 9.74. The molecule has 1 aromatic heterocycles. The Morgan fingerprint density at radius 1 is 1.22 bits per heavy atom. The predicted octanol–water partition coefficient (Wildman–Crippen LogP) is 3.47. The number of benzene rings is 1. The van der Waals surface area contributed by atoms with Gasteiger partial charge in [-0.3, -0.25) is 9.52 Å². The average molecular weight is 352 g/mol. The fourth-order valence-corrected chi connectivity index (χ4v) is 4.18. The molecule has 2 aromatic rings. The Hall–Kier alpha value is -1.86. The van der Waals surface area contributed by atoms with Crippen LogP contribution in [0.2, 0.25) is 0 Å². The molecular weight excluding hydrogens is 332 g/mol. The standard InChI is InChI=1S/C16H20N2O3S2/c1-3-5-12(2)17-16(19)13-7-9-14(10-8-13)18-23(20,21)15-6-4-11-22-15/h4,6-12,18H,3,5H2,1-2H3,(H,17,19)/t12-/m0/s1. The normalized spacial score (nSPS) is 12.6. The quantitative estimate of drug-likeness (QED) is 0.801. The molecule has 0 bridgehead atoms. The molecule has 2 N–H and O–H groups in total. The summed E-state index contributed by atoms with van der Waals surface area (Å²) in [5.41, 5.74) is 0.934. The zero-order valence-electron chi connectivity index (χ0n) is 13.1. The Kier molecular flexibility index (Phi) is 5.79. The van der Waals surface area contributed by atoms with Crippen LogP contribution in [-0.4, -0.2) is 20.4 Å². The summed E-state index contributed by atoms with van der Waals surface area (Å²) in [5, 5.41) is 4.62. The highest BCUT2D eigenvalue weighted by atomic mass is 32.2. The van der Waals surface area contributed by atoms with Gasteiger partial charge in [0.05, 0.1) is 0 Å². The third-order valence-electron chi connectivity index (χ3n) is 3.26. The molecule has 0 aliphatic carbocycles. The van der Waals surface area contributed by atoms with Gasteiger partial charge in [0.2, 0.25) is 0 Å². The van der Waals surface area contributed by atoms with Crippen LogP contribution in [0.25, 0.3) is 0 Å². The summed E-state index contributed by atoms with van der Waals surface area (Å²) in [6.07, 6.45) is 1.93. The number of nitrogens with one attached hydrogen (secondary N) is 2. The summed E-state index contributed by atoms with van der Waals surface area (Å²) < 4.78 is 27.0. The molecule has 0 aliphatic rings. The van der Waals surface area contributed by atoms with E-state index in [4.69, 9.17) is 0 Å². The fourth-order valence-electron chi connectivity index (χ4n) is 2.12. The van der Waals surface area contributed by atoms with Crippen LogP contribution in [0.4, 0.5) is 5.69 Å². The molecule has 124 valence electrons. The Labute approximate surface area is 140 Å². The lowest BCUT2D eigenvalue weighted by Gasteiger charge is -2.13. The smallest absolute Gasteiger partial charge is 0.271 e. The van der Waals surface area contributed by atoms with Crippen LogP contribution in [0, 0.1) is 0 Å².